The Labute approximate surface area is 118 Å². The zero-order chi connectivity index (χ0) is 14.1. The maximum absolute atomic E-state index is 10.4. The van der Waals surface area contributed by atoms with Crippen molar-refractivity contribution in [3.63, 3.8) is 0 Å². The summed E-state index contributed by atoms with van der Waals surface area (Å²) in [6.45, 7) is 4.03. The van der Waals surface area contributed by atoms with E-state index < -0.39 is 0 Å². The molecule has 0 aliphatic heterocycles. The minimum Gasteiger partial charge on any atom is -0.342 e. The number of aryl methyl sites for hydroxylation is 2. The number of fused-ring (bicyclic) bond motifs is 2. The highest BCUT2D eigenvalue weighted by Gasteiger charge is 2.04. The molecule has 0 radical (unpaired) electrons. The Balaban J connectivity index is 0.000000123. The number of H-pyrrole nitrogens is 1. The Morgan fingerprint density at radius 2 is 2.10 bits per heavy atom. The number of imidazole rings is 3. The molecule has 0 aliphatic rings. The minimum atomic E-state index is 0.531. The molecule has 0 aromatic carbocycles. The minimum absolute atomic E-state index is 0.531. The van der Waals surface area contributed by atoms with Gasteiger partial charge in [0.05, 0.1) is 6.20 Å². The highest BCUT2D eigenvalue weighted by molar-refractivity contribution is 7.17. The van der Waals surface area contributed by atoms with Gasteiger partial charge in [-0.2, -0.15) is 0 Å². The van der Waals surface area contributed by atoms with Crippen LogP contribution in [0.1, 0.15) is 21.1 Å². The fourth-order valence-electron chi connectivity index (χ4n) is 1.96. The van der Waals surface area contributed by atoms with Crippen LogP contribution in [-0.2, 0) is 0 Å². The number of carbonyl (C=O) groups is 1. The first-order valence-electron chi connectivity index (χ1n) is 6.03. The number of carbonyl (C=O) groups excluding carboxylic acids is 1. The molecule has 0 saturated heterocycles. The maximum atomic E-state index is 10.4. The number of aromatic nitrogens is 5. The van der Waals surface area contributed by atoms with Crippen molar-refractivity contribution in [1.82, 2.24) is 23.8 Å². The second-order valence-corrected chi connectivity index (χ2v) is 5.66. The summed E-state index contributed by atoms with van der Waals surface area (Å²) in [4.78, 5) is 23.5. The summed E-state index contributed by atoms with van der Waals surface area (Å²) in [5.74, 6) is 0. The van der Waals surface area contributed by atoms with Gasteiger partial charge in [0.15, 0.2) is 6.29 Å². The third-order valence-corrected chi connectivity index (χ3v) is 3.83. The molecule has 20 heavy (non-hydrogen) atoms. The van der Waals surface area contributed by atoms with Gasteiger partial charge in [0.2, 0.25) is 0 Å². The third-order valence-electron chi connectivity index (χ3n) is 2.79. The predicted molar refractivity (Wildman–Crippen MR) is 77.5 cm³/mol. The Hall–Kier alpha value is -2.41. The second-order valence-electron chi connectivity index (χ2n) is 4.43. The summed E-state index contributed by atoms with van der Waals surface area (Å²) >= 11 is 1.58. The van der Waals surface area contributed by atoms with E-state index in [1.807, 2.05) is 35.0 Å². The number of aldehydes is 1. The molecule has 102 valence electrons. The van der Waals surface area contributed by atoms with E-state index in [-0.39, 0.29) is 0 Å². The molecule has 0 fully saturated rings. The van der Waals surface area contributed by atoms with Crippen LogP contribution in [0.5, 0.6) is 0 Å². The van der Waals surface area contributed by atoms with E-state index in [9.17, 15) is 4.79 Å². The molecule has 0 saturated carbocycles. The van der Waals surface area contributed by atoms with Gasteiger partial charge in [-0.05, 0) is 13.8 Å². The van der Waals surface area contributed by atoms with Crippen LogP contribution in [0, 0.1) is 13.8 Å². The van der Waals surface area contributed by atoms with E-state index in [1.54, 1.807) is 30.2 Å². The van der Waals surface area contributed by atoms with E-state index >= 15 is 0 Å². The second kappa shape index (κ2) is 4.93. The summed E-state index contributed by atoms with van der Waals surface area (Å²) < 4.78 is 3.82. The van der Waals surface area contributed by atoms with E-state index in [2.05, 4.69) is 15.0 Å². The van der Waals surface area contributed by atoms with E-state index in [1.165, 1.54) is 4.88 Å². The van der Waals surface area contributed by atoms with Crippen molar-refractivity contribution in [2.45, 2.75) is 13.8 Å². The van der Waals surface area contributed by atoms with Gasteiger partial charge >= 0.3 is 0 Å². The molecular formula is C13H13N5OS. The van der Waals surface area contributed by atoms with Gasteiger partial charge in [0, 0.05) is 23.0 Å². The van der Waals surface area contributed by atoms with Gasteiger partial charge < -0.3 is 4.98 Å². The van der Waals surface area contributed by atoms with Crippen molar-refractivity contribution in [3.05, 3.63) is 47.5 Å². The average Bonchev–Trinajstić information content (AvgIpc) is 3.09. The van der Waals surface area contributed by atoms with Crippen molar-refractivity contribution in [3.8, 4) is 0 Å². The van der Waals surface area contributed by atoms with Gasteiger partial charge in [-0.1, -0.05) is 0 Å². The summed E-state index contributed by atoms with van der Waals surface area (Å²) in [7, 11) is 0. The zero-order valence-corrected chi connectivity index (χ0v) is 11.9. The summed E-state index contributed by atoms with van der Waals surface area (Å²) in [6.07, 6.45) is 9.97. The predicted octanol–water partition coefficient (Wildman–Crippen LogP) is 2.49. The Kier molecular flexibility index (Phi) is 3.11. The zero-order valence-electron chi connectivity index (χ0n) is 11.1. The van der Waals surface area contributed by atoms with Crippen LogP contribution in [-0.4, -0.2) is 30.0 Å². The summed E-state index contributed by atoms with van der Waals surface area (Å²) in [5, 5.41) is 0. The molecule has 0 aliphatic carbocycles. The monoisotopic (exact) mass is 287 g/mol. The van der Waals surface area contributed by atoms with Crippen molar-refractivity contribution in [2.75, 3.05) is 0 Å². The molecule has 4 aromatic rings. The van der Waals surface area contributed by atoms with Gasteiger partial charge in [-0.15, -0.1) is 11.3 Å². The number of aromatic amines is 1. The van der Waals surface area contributed by atoms with Crippen molar-refractivity contribution in [2.24, 2.45) is 0 Å². The highest BCUT2D eigenvalue weighted by Crippen LogP contribution is 2.18. The van der Waals surface area contributed by atoms with Crippen LogP contribution >= 0.6 is 11.3 Å². The fraction of sp³-hybridized carbons (Fsp3) is 0.154. The molecule has 6 nitrogen and oxygen atoms in total. The van der Waals surface area contributed by atoms with Crippen LogP contribution in [0.25, 0.3) is 10.5 Å². The van der Waals surface area contributed by atoms with Crippen LogP contribution in [0.3, 0.4) is 0 Å². The molecule has 4 heterocycles. The third kappa shape index (κ3) is 2.23. The number of thiazole rings is 1. The maximum Gasteiger partial charge on any atom is 0.171 e. The Morgan fingerprint density at radius 1 is 1.25 bits per heavy atom. The van der Waals surface area contributed by atoms with E-state index in [0.29, 0.717) is 5.69 Å². The van der Waals surface area contributed by atoms with Crippen LogP contribution < -0.4 is 0 Å². The molecule has 4 aromatic heterocycles. The molecular weight excluding hydrogens is 274 g/mol. The molecule has 0 bridgehead atoms. The van der Waals surface area contributed by atoms with Crippen molar-refractivity contribution >= 4 is 28.1 Å². The molecule has 0 atom stereocenters. The summed E-state index contributed by atoms with van der Waals surface area (Å²) in [6, 6.07) is 0. The SMILES string of the molecule is Cc1cn2cnc(C=O)c2s1.Cc1cn2cncc2[nH]1. The molecule has 0 amide bonds. The molecule has 7 heteroatoms. The molecule has 1 N–H and O–H groups in total. The lowest BCUT2D eigenvalue weighted by molar-refractivity contribution is 0.112. The lowest BCUT2D eigenvalue weighted by atomic mass is 10.5. The molecule has 0 unspecified atom stereocenters. The van der Waals surface area contributed by atoms with Gasteiger partial charge in [0.1, 0.15) is 28.8 Å². The molecule has 4 rings (SSSR count). The standard InChI is InChI=1S/C7H6N2OS.C6H7N3/c1-5-2-9-4-8-6(3-10)7(9)11-5;1-5-3-9-4-7-2-6(9)8-5/h2-4H,1H3;2-4,8H,1H3. The van der Waals surface area contributed by atoms with Gasteiger partial charge in [-0.25, -0.2) is 9.97 Å². The first-order valence-corrected chi connectivity index (χ1v) is 6.84. The number of hydrogen-bond acceptors (Lipinski definition) is 4. The Morgan fingerprint density at radius 3 is 2.85 bits per heavy atom. The first kappa shape index (κ1) is 12.6. The highest BCUT2D eigenvalue weighted by atomic mass is 32.1. The van der Waals surface area contributed by atoms with Crippen LogP contribution in [0.4, 0.5) is 0 Å². The quantitative estimate of drug-likeness (QED) is 0.547. The number of rotatable bonds is 1. The topological polar surface area (TPSA) is 67.5 Å². The molecule has 0 spiro atoms. The number of hydrogen-bond donors (Lipinski definition) is 1. The van der Waals surface area contributed by atoms with Crippen LogP contribution in [0.2, 0.25) is 0 Å². The average molecular weight is 287 g/mol. The lowest BCUT2D eigenvalue weighted by Gasteiger charge is -1.76. The summed E-state index contributed by atoms with van der Waals surface area (Å²) in [5.41, 5.74) is 2.74. The van der Waals surface area contributed by atoms with Gasteiger partial charge in [0.25, 0.3) is 0 Å². The van der Waals surface area contributed by atoms with Gasteiger partial charge in [-0.3, -0.25) is 13.6 Å². The largest absolute Gasteiger partial charge is 0.342 e. The smallest absolute Gasteiger partial charge is 0.171 e. The van der Waals surface area contributed by atoms with Crippen molar-refractivity contribution in [1.29, 1.82) is 0 Å². The Bertz CT molecular complexity index is 837. The first-order chi connectivity index (χ1) is 9.67. The van der Waals surface area contributed by atoms with Crippen LogP contribution in [0.15, 0.2) is 31.2 Å². The van der Waals surface area contributed by atoms with E-state index in [0.717, 1.165) is 22.5 Å². The van der Waals surface area contributed by atoms with Crippen molar-refractivity contribution < 1.29 is 4.79 Å². The normalized spacial score (nSPS) is 10.7. The fourth-order valence-corrected chi connectivity index (χ4v) is 2.85. The van der Waals surface area contributed by atoms with E-state index in [4.69, 9.17) is 0 Å². The lowest BCUT2D eigenvalue weighted by Crippen LogP contribution is -1.75. The number of nitrogens with zero attached hydrogens (tertiary/aromatic N) is 4. The number of nitrogens with one attached hydrogen (secondary N) is 1.